The number of nitrogens with one attached hydrogen (secondary N) is 1. The number of ether oxygens (including phenoxy) is 1. The number of benzene rings is 1. The lowest BCUT2D eigenvalue weighted by atomic mass is 9.51. The van der Waals surface area contributed by atoms with Crippen LogP contribution in [0.25, 0.3) is 16.6 Å². The quantitative estimate of drug-likeness (QED) is 0.508. The van der Waals surface area contributed by atoms with E-state index in [1.807, 2.05) is 25.1 Å². The molecular weight excluding hydrogens is 459 g/mol. The third kappa shape index (κ3) is 2.69. The highest BCUT2D eigenvalue weighted by atomic mass is 19.1. The first kappa shape index (κ1) is 23.1. The normalized spacial score (nSPS) is 47.5. The summed E-state index contributed by atoms with van der Waals surface area (Å²) in [6, 6.07) is 6.02. The highest BCUT2D eigenvalue weighted by Gasteiger charge is 2.77. The van der Waals surface area contributed by atoms with Crippen LogP contribution in [0.3, 0.4) is 0 Å². The number of rotatable bonds is 2. The number of hydrogen-bond donors (Lipinski definition) is 4. The molecule has 36 heavy (non-hydrogen) atoms. The predicted molar refractivity (Wildman–Crippen MR) is 136 cm³/mol. The molecule has 2 aromatic rings. The van der Waals surface area contributed by atoms with Crippen LogP contribution in [0.15, 0.2) is 24.3 Å². The minimum Gasteiger partial charge on any atom is -0.390 e. The summed E-state index contributed by atoms with van der Waals surface area (Å²) < 4.78 is 24.3. The smallest absolute Gasteiger partial charge is 0.198 e. The Morgan fingerprint density at radius 1 is 1.14 bits per heavy atom. The number of allylic oxidation sites excluding steroid dienone is 2. The van der Waals surface area contributed by atoms with Gasteiger partial charge >= 0.3 is 0 Å². The van der Waals surface area contributed by atoms with Crippen molar-refractivity contribution in [1.29, 1.82) is 0 Å². The van der Waals surface area contributed by atoms with E-state index in [1.54, 1.807) is 0 Å². The lowest BCUT2D eigenvalue weighted by Gasteiger charge is -2.64. The molecule has 2 bridgehead atoms. The van der Waals surface area contributed by atoms with Crippen molar-refractivity contribution >= 4 is 22.6 Å². The van der Waals surface area contributed by atoms with Gasteiger partial charge in [0.25, 0.3) is 0 Å². The van der Waals surface area contributed by atoms with E-state index in [0.29, 0.717) is 25.2 Å². The molecule has 194 valence electrons. The number of likely N-dealkylation sites (N-methyl/N-ethyl adjacent to an activating group) is 1. The zero-order valence-corrected chi connectivity index (χ0v) is 21.3. The van der Waals surface area contributed by atoms with E-state index in [9.17, 15) is 10.2 Å². The zero-order chi connectivity index (χ0) is 25.3. The van der Waals surface area contributed by atoms with Gasteiger partial charge in [-0.3, -0.25) is 0 Å². The SMILES string of the molecule is CN(C)[C@H]1C[C@@]23CC[C@]4(O2)C2CC=C(c5ccc6[nH]c(N)nc6c5)[C@@]2(C)CCC4(F)CC3[C@@H](O)[C@@H]1O. The van der Waals surface area contributed by atoms with Crippen LogP contribution in [0.4, 0.5) is 10.3 Å². The van der Waals surface area contributed by atoms with Gasteiger partial charge in [0.2, 0.25) is 0 Å². The van der Waals surface area contributed by atoms with Gasteiger partial charge in [0.1, 0.15) is 11.3 Å². The molecule has 7 nitrogen and oxygen atoms in total. The van der Waals surface area contributed by atoms with Crippen molar-refractivity contribution < 1.29 is 19.3 Å². The Bertz CT molecular complexity index is 1280. The topological polar surface area (TPSA) is 108 Å². The molecule has 1 aromatic carbocycles. The summed E-state index contributed by atoms with van der Waals surface area (Å²) in [6.07, 6.45) is 4.63. The van der Waals surface area contributed by atoms with Crippen LogP contribution in [-0.4, -0.2) is 74.3 Å². The molecule has 3 unspecified atom stereocenters. The van der Waals surface area contributed by atoms with Crippen molar-refractivity contribution in [2.24, 2.45) is 17.3 Å². The Morgan fingerprint density at radius 2 is 1.94 bits per heavy atom. The van der Waals surface area contributed by atoms with E-state index in [-0.39, 0.29) is 29.7 Å². The average Bonchev–Trinajstić information content (AvgIpc) is 3.49. The lowest BCUT2D eigenvalue weighted by Crippen LogP contribution is -2.72. The van der Waals surface area contributed by atoms with Crippen LogP contribution in [0.5, 0.6) is 0 Å². The molecule has 2 saturated heterocycles. The molecule has 0 amide bonds. The van der Waals surface area contributed by atoms with Gasteiger partial charge in [-0.2, -0.15) is 0 Å². The molecule has 3 aliphatic carbocycles. The number of anilines is 1. The maximum Gasteiger partial charge on any atom is 0.198 e. The molecule has 2 spiro atoms. The van der Waals surface area contributed by atoms with Crippen LogP contribution in [0, 0.1) is 17.3 Å². The first-order valence-electron chi connectivity index (χ1n) is 13.4. The first-order chi connectivity index (χ1) is 17.0. The van der Waals surface area contributed by atoms with Crippen LogP contribution < -0.4 is 5.73 Å². The summed E-state index contributed by atoms with van der Waals surface area (Å²) in [5.41, 5.74) is 6.83. The molecule has 1 aromatic heterocycles. The fourth-order valence-electron chi connectivity index (χ4n) is 9.20. The van der Waals surface area contributed by atoms with E-state index in [2.05, 4.69) is 35.1 Å². The fraction of sp³-hybridized carbons (Fsp3) is 0.679. The van der Waals surface area contributed by atoms with Gasteiger partial charge in [-0.1, -0.05) is 19.1 Å². The molecule has 4 fully saturated rings. The second-order valence-electron chi connectivity index (χ2n) is 12.7. The summed E-state index contributed by atoms with van der Waals surface area (Å²) in [5, 5.41) is 22.1. The number of aliphatic hydroxyl groups excluding tert-OH is 2. The molecule has 5 N–H and O–H groups in total. The molecule has 2 aliphatic heterocycles. The third-order valence-corrected chi connectivity index (χ3v) is 11.0. The summed E-state index contributed by atoms with van der Waals surface area (Å²) in [4.78, 5) is 9.49. The number of nitrogen functional groups attached to an aromatic ring is 1. The van der Waals surface area contributed by atoms with E-state index >= 15 is 4.39 Å². The highest BCUT2D eigenvalue weighted by Crippen LogP contribution is 2.72. The van der Waals surface area contributed by atoms with Crippen LogP contribution in [0.1, 0.15) is 57.4 Å². The van der Waals surface area contributed by atoms with Gasteiger partial charge in [-0.25, -0.2) is 9.37 Å². The Hall–Kier alpha value is -2.00. The molecular formula is C28H37FN4O3. The second-order valence-corrected chi connectivity index (χ2v) is 12.7. The number of alkyl halides is 1. The first-order valence-corrected chi connectivity index (χ1v) is 13.4. The van der Waals surface area contributed by atoms with Crippen LogP contribution >= 0.6 is 0 Å². The van der Waals surface area contributed by atoms with E-state index in [1.165, 1.54) is 5.57 Å². The van der Waals surface area contributed by atoms with Crippen molar-refractivity contribution in [3.8, 4) is 0 Å². The van der Waals surface area contributed by atoms with Gasteiger partial charge in [0, 0.05) is 17.9 Å². The fourth-order valence-corrected chi connectivity index (χ4v) is 9.20. The molecule has 9 atom stereocenters. The number of aromatic amines is 1. The van der Waals surface area contributed by atoms with E-state index < -0.39 is 29.1 Å². The summed E-state index contributed by atoms with van der Waals surface area (Å²) >= 11 is 0. The third-order valence-electron chi connectivity index (χ3n) is 11.0. The number of nitrogens with two attached hydrogens (primary N) is 1. The minimum absolute atomic E-state index is 0.0285. The number of hydrogen-bond acceptors (Lipinski definition) is 6. The maximum absolute atomic E-state index is 17.2. The number of nitrogens with zero attached hydrogens (tertiary/aromatic N) is 2. The zero-order valence-electron chi connectivity index (χ0n) is 21.3. The van der Waals surface area contributed by atoms with Crippen molar-refractivity contribution in [2.45, 2.75) is 87.0 Å². The van der Waals surface area contributed by atoms with Gasteiger partial charge in [-0.15, -0.1) is 0 Å². The van der Waals surface area contributed by atoms with E-state index in [0.717, 1.165) is 35.9 Å². The average molecular weight is 497 g/mol. The van der Waals surface area contributed by atoms with Gasteiger partial charge in [-0.05, 0) is 87.7 Å². The largest absolute Gasteiger partial charge is 0.390 e. The van der Waals surface area contributed by atoms with Crippen LogP contribution in [-0.2, 0) is 4.74 Å². The number of imidazole rings is 1. The lowest BCUT2D eigenvalue weighted by molar-refractivity contribution is -0.314. The number of halogens is 1. The standard InChI is InChI=1S/C28H37FN4O3/c1-25-8-10-27(29)13-17-22(34)23(35)20(33(2)3)14-26(17)9-11-28(27,36-26)21(25)7-5-16(25)15-4-6-18-19(12-15)32-24(30)31-18/h4-6,12,17,20-23,34-35H,7-11,13-14H2,1-3H3,(H3,30,31,32)/t17?,20-,21?,22+,23+,25+,26+,27?,28-/m0/s1. The summed E-state index contributed by atoms with van der Waals surface area (Å²) in [6.45, 7) is 2.29. The predicted octanol–water partition coefficient (Wildman–Crippen LogP) is 3.42. The molecule has 0 radical (unpaired) electrons. The molecule has 8 heteroatoms. The van der Waals surface area contributed by atoms with E-state index in [4.69, 9.17) is 10.5 Å². The Morgan fingerprint density at radius 3 is 2.72 bits per heavy atom. The monoisotopic (exact) mass is 496 g/mol. The molecule has 3 heterocycles. The van der Waals surface area contributed by atoms with Crippen LogP contribution in [0.2, 0.25) is 0 Å². The summed E-state index contributed by atoms with van der Waals surface area (Å²) in [7, 11) is 3.86. The van der Waals surface area contributed by atoms with Crippen molar-refractivity contribution in [3.05, 3.63) is 29.8 Å². The van der Waals surface area contributed by atoms with Crippen molar-refractivity contribution in [3.63, 3.8) is 0 Å². The number of aromatic nitrogens is 2. The van der Waals surface area contributed by atoms with Crippen molar-refractivity contribution in [1.82, 2.24) is 14.9 Å². The number of fused-ring (bicyclic) bond motifs is 2. The minimum atomic E-state index is -1.50. The second kappa shape index (κ2) is 7.10. The Balaban J connectivity index is 1.27. The van der Waals surface area contributed by atoms with Gasteiger partial charge < -0.3 is 30.6 Å². The maximum atomic E-state index is 17.2. The van der Waals surface area contributed by atoms with Gasteiger partial charge in [0.15, 0.2) is 5.95 Å². The highest BCUT2D eigenvalue weighted by molar-refractivity contribution is 5.84. The molecule has 7 rings (SSSR count). The molecule has 5 aliphatic rings. The Kier molecular flexibility index (Phi) is 4.56. The molecule has 2 saturated carbocycles. The Labute approximate surface area is 210 Å². The summed E-state index contributed by atoms with van der Waals surface area (Å²) in [5.74, 6) is 0.0542. The number of aliphatic hydroxyl groups is 2. The number of H-pyrrole nitrogens is 1. The van der Waals surface area contributed by atoms with Gasteiger partial charge in [0.05, 0.1) is 28.8 Å². The van der Waals surface area contributed by atoms with Crippen molar-refractivity contribution in [2.75, 3.05) is 19.8 Å².